The van der Waals surface area contributed by atoms with Gasteiger partial charge in [0.2, 0.25) is 5.91 Å². The molecule has 0 unspecified atom stereocenters. The van der Waals surface area contributed by atoms with Gasteiger partial charge in [-0.2, -0.15) is 0 Å². The van der Waals surface area contributed by atoms with Gasteiger partial charge in [-0.1, -0.05) is 0 Å². The van der Waals surface area contributed by atoms with E-state index in [-0.39, 0.29) is 18.6 Å². The van der Waals surface area contributed by atoms with Crippen LogP contribution in [0.3, 0.4) is 0 Å². The normalized spacial score (nSPS) is 30.6. The zero-order valence-corrected chi connectivity index (χ0v) is 11.3. The molecule has 104 valence electrons. The minimum atomic E-state index is -0.338. The second-order valence-electron chi connectivity index (χ2n) is 6.02. The van der Waals surface area contributed by atoms with Gasteiger partial charge in [-0.15, -0.1) is 0 Å². The van der Waals surface area contributed by atoms with Crippen molar-refractivity contribution in [3.63, 3.8) is 0 Å². The van der Waals surface area contributed by atoms with Crippen LogP contribution < -0.4 is 5.73 Å². The standard InChI is InChI=1S/C14H26N2O2/c1-16(12-3-2-4-12)14(18)13(15)11-7-5-10(9-17)6-8-11/h10-13,17H,2-9,15H2,1H3/t10?,11?,13-/m0/s1. The molecule has 1 atom stereocenters. The molecule has 3 N–H and O–H groups in total. The molecule has 2 saturated carbocycles. The van der Waals surface area contributed by atoms with E-state index in [2.05, 4.69) is 0 Å². The highest BCUT2D eigenvalue weighted by Gasteiger charge is 2.34. The van der Waals surface area contributed by atoms with Crippen molar-refractivity contribution >= 4 is 5.91 Å². The predicted octanol–water partition coefficient (Wildman–Crippen LogP) is 1.12. The van der Waals surface area contributed by atoms with Gasteiger partial charge in [0.15, 0.2) is 0 Å². The molecule has 0 aromatic heterocycles. The lowest BCUT2D eigenvalue weighted by atomic mass is 9.78. The van der Waals surface area contributed by atoms with E-state index in [1.807, 2.05) is 11.9 Å². The summed E-state index contributed by atoms with van der Waals surface area (Å²) in [6, 6.07) is 0.0903. The van der Waals surface area contributed by atoms with Crippen LogP contribution in [0.1, 0.15) is 44.9 Å². The van der Waals surface area contributed by atoms with Gasteiger partial charge < -0.3 is 15.7 Å². The minimum Gasteiger partial charge on any atom is -0.396 e. The van der Waals surface area contributed by atoms with Crippen LogP contribution in [0.25, 0.3) is 0 Å². The maximum absolute atomic E-state index is 12.3. The summed E-state index contributed by atoms with van der Waals surface area (Å²) >= 11 is 0. The quantitative estimate of drug-likeness (QED) is 0.790. The Kier molecular flexibility index (Phi) is 4.62. The molecule has 0 aromatic carbocycles. The Morgan fingerprint density at radius 1 is 1.28 bits per heavy atom. The van der Waals surface area contributed by atoms with E-state index in [1.54, 1.807) is 0 Å². The number of hydrogen-bond donors (Lipinski definition) is 2. The van der Waals surface area contributed by atoms with Crippen LogP contribution in [0.15, 0.2) is 0 Å². The first-order valence-electron chi connectivity index (χ1n) is 7.26. The maximum atomic E-state index is 12.3. The lowest BCUT2D eigenvalue weighted by molar-refractivity contribution is -0.136. The van der Waals surface area contributed by atoms with Crippen LogP contribution >= 0.6 is 0 Å². The first-order valence-corrected chi connectivity index (χ1v) is 7.26. The number of rotatable bonds is 4. The van der Waals surface area contributed by atoms with Crippen LogP contribution in [0.5, 0.6) is 0 Å². The van der Waals surface area contributed by atoms with Gasteiger partial charge >= 0.3 is 0 Å². The smallest absolute Gasteiger partial charge is 0.239 e. The molecule has 0 bridgehead atoms. The largest absolute Gasteiger partial charge is 0.396 e. The number of carbonyl (C=O) groups is 1. The minimum absolute atomic E-state index is 0.118. The summed E-state index contributed by atoms with van der Waals surface area (Å²) in [6.45, 7) is 0.276. The molecule has 2 fully saturated rings. The molecule has 0 aromatic rings. The first-order chi connectivity index (χ1) is 8.63. The van der Waals surface area contributed by atoms with Gasteiger partial charge in [0.25, 0.3) is 0 Å². The number of aliphatic hydroxyl groups excluding tert-OH is 1. The highest BCUT2D eigenvalue weighted by atomic mass is 16.3. The molecule has 1 amide bonds. The van der Waals surface area contributed by atoms with Crippen molar-refractivity contribution in [3.05, 3.63) is 0 Å². The topological polar surface area (TPSA) is 66.6 Å². The Morgan fingerprint density at radius 2 is 1.89 bits per heavy atom. The molecular weight excluding hydrogens is 228 g/mol. The fraction of sp³-hybridized carbons (Fsp3) is 0.929. The number of hydrogen-bond acceptors (Lipinski definition) is 3. The van der Waals surface area contributed by atoms with Crippen molar-refractivity contribution in [2.45, 2.75) is 57.0 Å². The van der Waals surface area contributed by atoms with Crippen molar-refractivity contribution in [2.75, 3.05) is 13.7 Å². The summed E-state index contributed by atoms with van der Waals surface area (Å²) in [7, 11) is 1.89. The average molecular weight is 254 g/mol. The number of likely N-dealkylation sites (N-methyl/N-ethyl adjacent to an activating group) is 1. The fourth-order valence-electron chi connectivity index (χ4n) is 3.12. The Morgan fingerprint density at radius 3 is 2.33 bits per heavy atom. The Balaban J connectivity index is 1.83. The second-order valence-corrected chi connectivity index (χ2v) is 6.02. The van der Waals surface area contributed by atoms with Gasteiger partial charge in [-0.3, -0.25) is 4.79 Å². The van der Waals surface area contributed by atoms with E-state index in [1.165, 1.54) is 6.42 Å². The number of carbonyl (C=O) groups excluding carboxylic acids is 1. The average Bonchev–Trinajstić information content (AvgIpc) is 2.35. The molecule has 2 aliphatic rings. The molecular formula is C14H26N2O2. The van der Waals surface area contributed by atoms with Crippen LogP contribution in [0.2, 0.25) is 0 Å². The molecule has 2 aliphatic carbocycles. The zero-order chi connectivity index (χ0) is 13.1. The molecule has 4 heteroatoms. The molecule has 0 radical (unpaired) electrons. The number of nitrogens with two attached hydrogens (primary N) is 1. The Bertz CT molecular complexity index is 284. The molecule has 4 nitrogen and oxygen atoms in total. The van der Waals surface area contributed by atoms with Gasteiger partial charge in [0.05, 0.1) is 6.04 Å². The highest BCUT2D eigenvalue weighted by molar-refractivity contribution is 5.82. The highest BCUT2D eigenvalue weighted by Crippen LogP contribution is 2.31. The lowest BCUT2D eigenvalue weighted by Crippen LogP contribution is -2.52. The maximum Gasteiger partial charge on any atom is 0.239 e. The monoisotopic (exact) mass is 254 g/mol. The van der Waals surface area contributed by atoms with Gasteiger partial charge in [-0.25, -0.2) is 0 Å². The van der Waals surface area contributed by atoms with Crippen LogP contribution in [-0.2, 0) is 4.79 Å². The SMILES string of the molecule is CN(C(=O)[C@@H](N)C1CCC(CO)CC1)C1CCC1. The molecule has 2 rings (SSSR count). The Hall–Kier alpha value is -0.610. The zero-order valence-electron chi connectivity index (χ0n) is 11.3. The molecule has 0 heterocycles. The third-order valence-electron chi connectivity index (χ3n) is 4.91. The van der Waals surface area contributed by atoms with E-state index in [4.69, 9.17) is 10.8 Å². The third-order valence-corrected chi connectivity index (χ3v) is 4.91. The van der Waals surface area contributed by atoms with Crippen LogP contribution in [-0.4, -0.2) is 41.7 Å². The molecule has 0 saturated heterocycles. The van der Waals surface area contributed by atoms with Gasteiger partial charge in [0.1, 0.15) is 0 Å². The van der Waals surface area contributed by atoms with Gasteiger partial charge in [0, 0.05) is 19.7 Å². The fourth-order valence-corrected chi connectivity index (χ4v) is 3.12. The summed E-state index contributed by atoms with van der Waals surface area (Å²) < 4.78 is 0. The number of nitrogens with zero attached hydrogens (tertiary/aromatic N) is 1. The third kappa shape index (κ3) is 2.86. The summed E-state index contributed by atoms with van der Waals surface area (Å²) in [5.74, 6) is 0.850. The predicted molar refractivity (Wildman–Crippen MR) is 70.9 cm³/mol. The Labute approximate surface area is 110 Å². The van der Waals surface area contributed by atoms with Crippen molar-refractivity contribution in [1.82, 2.24) is 4.90 Å². The van der Waals surface area contributed by atoms with E-state index < -0.39 is 0 Å². The van der Waals surface area contributed by atoms with E-state index in [0.717, 1.165) is 38.5 Å². The first kappa shape index (κ1) is 13.8. The van der Waals surface area contributed by atoms with E-state index >= 15 is 0 Å². The number of amides is 1. The van der Waals surface area contributed by atoms with Gasteiger partial charge in [-0.05, 0) is 56.8 Å². The molecule has 0 aliphatic heterocycles. The molecule has 0 spiro atoms. The number of aliphatic hydroxyl groups is 1. The van der Waals surface area contributed by atoms with Crippen LogP contribution in [0, 0.1) is 11.8 Å². The summed E-state index contributed by atoms with van der Waals surface area (Å²) in [4.78, 5) is 14.1. The van der Waals surface area contributed by atoms with E-state index in [0.29, 0.717) is 17.9 Å². The van der Waals surface area contributed by atoms with Crippen molar-refractivity contribution in [1.29, 1.82) is 0 Å². The van der Waals surface area contributed by atoms with Crippen molar-refractivity contribution in [3.8, 4) is 0 Å². The second kappa shape index (κ2) is 6.02. The summed E-state index contributed by atoms with van der Waals surface area (Å²) in [6.07, 6.45) is 7.48. The van der Waals surface area contributed by atoms with Crippen LogP contribution in [0.4, 0.5) is 0 Å². The summed E-state index contributed by atoms with van der Waals surface area (Å²) in [5.41, 5.74) is 6.14. The van der Waals surface area contributed by atoms with Crippen molar-refractivity contribution in [2.24, 2.45) is 17.6 Å². The summed E-state index contributed by atoms with van der Waals surface area (Å²) in [5, 5.41) is 9.12. The van der Waals surface area contributed by atoms with Crippen molar-refractivity contribution < 1.29 is 9.90 Å². The van der Waals surface area contributed by atoms with E-state index in [9.17, 15) is 4.79 Å². The lowest BCUT2D eigenvalue weighted by Gasteiger charge is -2.38. The molecule has 18 heavy (non-hydrogen) atoms.